The third kappa shape index (κ3) is 2.65. The van der Waals surface area contributed by atoms with Crippen LogP contribution >= 0.6 is 0 Å². The molecule has 3 aliphatic rings. The van der Waals surface area contributed by atoms with E-state index in [0.717, 1.165) is 18.8 Å². The number of hydrogen-bond acceptors (Lipinski definition) is 4. The van der Waals surface area contributed by atoms with Gasteiger partial charge < -0.3 is 19.5 Å². The Morgan fingerprint density at radius 2 is 2.35 bits per heavy atom. The predicted octanol–water partition coefficient (Wildman–Crippen LogP) is 1.20. The summed E-state index contributed by atoms with van der Waals surface area (Å²) in [6.07, 6.45) is 8.02. The lowest BCUT2D eigenvalue weighted by molar-refractivity contribution is -0.142. The Morgan fingerprint density at radius 1 is 1.54 bits per heavy atom. The van der Waals surface area contributed by atoms with Crippen molar-refractivity contribution < 1.29 is 14.3 Å². The van der Waals surface area contributed by atoms with Crippen molar-refractivity contribution in [3.8, 4) is 0 Å². The van der Waals surface area contributed by atoms with Crippen LogP contribution in [0.1, 0.15) is 26.1 Å². The Bertz CT molecular complexity index is 729. The number of nitrogens with zero attached hydrogens (tertiary/aromatic N) is 3. The van der Waals surface area contributed by atoms with Gasteiger partial charge in [-0.15, -0.1) is 0 Å². The first-order chi connectivity index (χ1) is 12.4. The molecule has 1 aromatic rings. The second kappa shape index (κ2) is 6.23. The summed E-state index contributed by atoms with van der Waals surface area (Å²) in [5, 5.41) is 0. The van der Waals surface area contributed by atoms with E-state index in [1.807, 2.05) is 17.1 Å². The molecule has 1 aromatic heterocycles. The minimum Gasteiger partial charge on any atom is -0.360 e. The second-order valence-electron chi connectivity index (χ2n) is 8.07. The number of H-pyrrole nitrogens is 1. The van der Waals surface area contributed by atoms with Crippen LogP contribution in [0.25, 0.3) is 0 Å². The largest absolute Gasteiger partial charge is 0.360 e. The van der Waals surface area contributed by atoms with Crippen molar-refractivity contribution in [3.63, 3.8) is 0 Å². The summed E-state index contributed by atoms with van der Waals surface area (Å²) in [7, 11) is 1.75. The molecular formula is C19H26N4O3. The highest BCUT2D eigenvalue weighted by Crippen LogP contribution is 2.52. The molecule has 1 spiro atoms. The van der Waals surface area contributed by atoms with Crippen molar-refractivity contribution in [2.24, 2.45) is 17.8 Å². The van der Waals surface area contributed by atoms with Gasteiger partial charge in [-0.1, -0.05) is 26.0 Å². The minimum atomic E-state index is -0.620. The number of ether oxygens (including phenoxy) is 1. The molecule has 0 aromatic carbocycles. The van der Waals surface area contributed by atoms with Gasteiger partial charge in [0, 0.05) is 26.0 Å². The van der Waals surface area contributed by atoms with Crippen LogP contribution in [0.3, 0.4) is 0 Å². The molecule has 4 atom stereocenters. The van der Waals surface area contributed by atoms with Gasteiger partial charge in [-0.25, -0.2) is 4.98 Å². The van der Waals surface area contributed by atoms with Gasteiger partial charge in [-0.05, 0) is 12.3 Å². The van der Waals surface area contributed by atoms with Crippen LogP contribution in [0, 0.1) is 17.8 Å². The highest BCUT2D eigenvalue weighted by Gasteiger charge is 2.66. The quantitative estimate of drug-likeness (QED) is 0.775. The van der Waals surface area contributed by atoms with Crippen LogP contribution in [0.2, 0.25) is 0 Å². The molecule has 2 bridgehead atoms. The zero-order chi connectivity index (χ0) is 18.5. The van der Waals surface area contributed by atoms with Gasteiger partial charge in [-0.3, -0.25) is 9.59 Å². The average molecular weight is 358 g/mol. The number of hydrogen-bond donors (Lipinski definition) is 1. The van der Waals surface area contributed by atoms with Crippen molar-refractivity contribution >= 4 is 11.8 Å². The third-order valence-corrected chi connectivity index (χ3v) is 5.76. The van der Waals surface area contributed by atoms with E-state index in [0.29, 0.717) is 19.0 Å². The molecule has 3 aliphatic heterocycles. The number of likely N-dealkylation sites (tertiary alicyclic amines) is 1. The van der Waals surface area contributed by atoms with Crippen LogP contribution in [-0.2, 0) is 20.9 Å². The fourth-order valence-corrected chi connectivity index (χ4v) is 4.40. The lowest BCUT2D eigenvalue weighted by Gasteiger charge is -2.27. The predicted molar refractivity (Wildman–Crippen MR) is 94.8 cm³/mol. The Kier molecular flexibility index (Phi) is 4.14. The van der Waals surface area contributed by atoms with Crippen molar-refractivity contribution in [2.75, 3.05) is 20.1 Å². The van der Waals surface area contributed by atoms with Crippen molar-refractivity contribution in [1.29, 1.82) is 0 Å². The first kappa shape index (κ1) is 17.3. The number of imidazole rings is 1. The lowest BCUT2D eigenvalue weighted by Crippen LogP contribution is -2.44. The van der Waals surface area contributed by atoms with Gasteiger partial charge in [0.15, 0.2) is 0 Å². The van der Waals surface area contributed by atoms with E-state index < -0.39 is 17.4 Å². The Morgan fingerprint density at radius 3 is 3.04 bits per heavy atom. The summed E-state index contributed by atoms with van der Waals surface area (Å²) in [4.78, 5) is 36.9. The Labute approximate surface area is 153 Å². The zero-order valence-electron chi connectivity index (χ0n) is 15.5. The molecule has 0 aliphatic carbocycles. The maximum absolute atomic E-state index is 13.1. The first-order valence-electron chi connectivity index (χ1n) is 9.30. The number of rotatable bonds is 6. The molecular weight excluding hydrogens is 332 g/mol. The highest BCUT2D eigenvalue weighted by molar-refractivity contribution is 5.92. The molecule has 4 rings (SSSR count). The van der Waals surface area contributed by atoms with Crippen LogP contribution in [-0.4, -0.2) is 63.4 Å². The van der Waals surface area contributed by atoms with Crippen LogP contribution < -0.4 is 0 Å². The van der Waals surface area contributed by atoms with E-state index in [2.05, 4.69) is 23.8 Å². The normalized spacial score (nSPS) is 31.9. The number of carbonyl (C=O) groups excluding carboxylic acids is 2. The number of fused-ring (bicyclic) bond motifs is 1. The van der Waals surface area contributed by atoms with E-state index in [-0.39, 0.29) is 17.9 Å². The molecule has 0 radical (unpaired) electrons. The average Bonchev–Trinajstić information content (AvgIpc) is 3.35. The van der Waals surface area contributed by atoms with Gasteiger partial charge in [0.2, 0.25) is 11.8 Å². The third-order valence-electron chi connectivity index (χ3n) is 5.76. The maximum atomic E-state index is 13.1. The van der Waals surface area contributed by atoms with Crippen LogP contribution in [0.15, 0.2) is 24.5 Å². The van der Waals surface area contributed by atoms with E-state index >= 15 is 0 Å². The SMILES string of the molecule is CC(C)CCN1C[C@@]23C=C[C@@H](O2)C(C(=O)N(C)Cc2ncc[nH]2)C3C1=O. The van der Waals surface area contributed by atoms with E-state index in [4.69, 9.17) is 4.74 Å². The first-order valence-corrected chi connectivity index (χ1v) is 9.30. The summed E-state index contributed by atoms with van der Waals surface area (Å²) >= 11 is 0. The van der Waals surface area contributed by atoms with Crippen LogP contribution in [0.4, 0.5) is 0 Å². The summed E-state index contributed by atoms with van der Waals surface area (Å²) in [6, 6.07) is 0. The van der Waals surface area contributed by atoms with E-state index in [1.54, 1.807) is 24.3 Å². The molecule has 0 saturated carbocycles. The minimum absolute atomic E-state index is 0.0540. The van der Waals surface area contributed by atoms with Gasteiger partial charge in [0.25, 0.3) is 0 Å². The Hall–Kier alpha value is -2.15. The Balaban J connectivity index is 1.52. The van der Waals surface area contributed by atoms with Crippen molar-refractivity contribution in [3.05, 3.63) is 30.4 Å². The standard InChI is InChI=1S/C19H26N4O3/c1-12(2)5-9-23-11-19-6-4-13(26-19)15(16(19)18(23)25)17(24)22(3)10-14-20-7-8-21-14/h4,6-8,12-13,15-16H,5,9-11H2,1-3H3,(H,20,21)/t13-,15?,16?,19-/m1/s1. The monoisotopic (exact) mass is 358 g/mol. The van der Waals surface area contributed by atoms with Gasteiger partial charge >= 0.3 is 0 Å². The molecule has 4 heterocycles. The summed E-state index contributed by atoms with van der Waals surface area (Å²) in [6.45, 7) is 5.97. The van der Waals surface area contributed by atoms with E-state index in [1.165, 1.54) is 0 Å². The van der Waals surface area contributed by atoms with Crippen LogP contribution in [0.5, 0.6) is 0 Å². The fourth-order valence-electron chi connectivity index (χ4n) is 4.40. The number of aromatic nitrogens is 2. The zero-order valence-corrected chi connectivity index (χ0v) is 15.5. The fraction of sp³-hybridized carbons (Fsp3) is 0.632. The molecule has 140 valence electrons. The summed E-state index contributed by atoms with van der Waals surface area (Å²) in [5.41, 5.74) is -0.620. The number of carbonyl (C=O) groups is 2. The number of nitrogens with one attached hydrogen (secondary N) is 1. The van der Waals surface area contributed by atoms with E-state index in [9.17, 15) is 9.59 Å². The van der Waals surface area contributed by atoms with Gasteiger partial charge in [0.05, 0.1) is 31.0 Å². The smallest absolute Gasteiger partial charge is 0.230 e. The number of amides is 2. The maximum Gasteiger partial charge on any atom is 0.230 e. The molecule has 2 saturated heterocycles. The topological polar surface area (TPSA) is 78.5 Å². The molecule has 2 unspecified atom stereocenters. The molecule has 7 heteroatoms. The van der Waals surface area contributed by atoms with Gasteiger partial charge in [-0.2, -0.15) is 0 Å². The highest BCUT2D eigenvalue weighted by atomic mass is 16.5. The van der Waals surface area contributed by atoms with Crippen molar-refractivity contribution in [1.82, 2.24) is 19.8 Å². The second-order valence-corrected chi connectivity index (χ2v) is 8.07. The van der Waals surface area contributed by atoms with Crippen molar-refractivity contribution in [2.45, 2.75) is 38.5 Å². The molecule has 2 amide bonds. The van der Waals surface area contributed by atoms with Gasteiger partial charge in [0.1, 0.15) is 11.4 Å². The molecule has 7 nitrogen and oxygen atoms in total. The lowest BCUT2D eigenvalue weighted by atomic mass is 9.76. The summed E-state index contributed by atoms with van der Waals surface area (Å²) < 4.78 is 6.17. The summed E-state index contributed by atoms with van der Waals surface area (Å²) in [5.74, 6) is 0.411. The number of aromatic amines is 1. The molecule has 2 fully saturated rings. The molecule has 26 heavy (non-hydrogen) atoms. The molecule has 1 N–H and O–H groups in total.